The first-order valence-corrected chi connectivity index (χ1v) is 21.3. The molecule has 0 radical (unpaired) electrons. The molecule has 0 rings (SSSR count). The van der Waals surface area contributed by atoms with Crippen molar-refractivity contribution in [3.8, 4) is 0 Å². The van der Waals surface area contributed by atoms with Crippen LogP contribution in [0.2, 0.25) is 0 Å². The molecule has 274 valence electrons. The fraction of sp³-hybridized carbons (Fsp3) is 0.974. The molecular weight excluding hydrogens is 622 g/mol. The van der Waals surface area contributed by atoms with Gasteiger partial charge in [0.05, 0.1) is 5.92 Å². The summed E-state index contributed by atoms with van der Waals surface area (Å²) in [5.41, 5.74) is 0. The molecule has 0 saturated heterocycles. The Morgan fingerprint density at radius 3 is 0.717 bits per heavy atom. The topological polar surface area (TPSA) is 115 Å². The Hall–Kier alpha value is 1.22. The molecule has 46 heavy (non-hydrogen) atoms. The molecule has 0 aromatic heterocycles. The van der Waals surface area contributed by atoms with Crippen LogP contribution in [0.3, 0.4) is 0 Å². The Morgan fingerprint density at radius 1 is 0.413 bits per heavy atom. The van der Waals surface area contributed by atoms with Gasteiger partial charge in [-0.3, -0.25) is 4.79 Å². The van der Waals surface area contributed by atoms with Crippen LogP contribution in [0.25, 0.3) is 0 Å². The second-order valence-electron chi connectivity index (χ2n) is 13.7. The van der Waals surface area contributed by atoms with Crippen molar-refractivity contribution in [1.82, 2.24) is 0 Å². The molecule has 0 heterocycles. The van der Waals surface area contributed by atoms with E-state index in [0.29, 0.717) is 0 Å². The van der Waals surface area contributed by atoms with Gasteiger partial charge >= 0.3 is 65.2 Å². The molecule has 0 saturated carbocycles. The van der Waals surface area contributed by atoms with E-state index in [9.17, 15) is 9.90 Å². The summed E-state index contributed by atoms with van der Waals surface area (Å²) in [6.45, 7) is 4.58. The first-order valence-electron chi connectivity index (χ1n) is 19.7. The van der Waals surface area contributed by atoms with Crippen LogP contribution in [0.1, 0.15) is 232 Å². The third-order valence-electron chi connectivity index (χ3n) is 9.16. The normalized spacial score (nSPS) is 11.9. The maximum atomic E-state index is 11.7. The van der Waals surface area contributed by atoms with Gasteiger partial charge < -0.3 is 19.8 Å². The number of aliphatic carboxylic acids is 1. The molecule has 0 bridgehead atoms. The van der Waals surface area contributed by atoms with Crippen molar-refractivity contribution >= 4 is 65.2 Å². The molecule has 0 spiro atoms. The summed E-state index contributed by atoms with van der Waals surface area (Å²) in [6.07, 6.45) is 45.8. The Labute approximate surface area is 329 Å². The molecule has 1 atom stereocenters. The monoisotopic (exact) mass is 703 g/mol. The van der Waals surface area contributed by atoms with Gasteiger partial charge in [0.2, 0.25) is 0 Å². The van der Waals surface area contributed by atoms with E-state index >= 15 is 0 Å². The van der Waals surface area contributed by atoms with Crippen LogP contribution in [0.4, 0.5) is 0 Å². The van der Waals surface area contributed by atoms with Crippen molar-refractivity contribution in [2.45, 2.75) is 232 Å². The summed E-state index contributed by atoms with van der Waals surface area (Å²) in [5.74, 6) is -0.653. The standard InChI is InChI=1S/C38H76O2.K.H3O4P.H/c1-3-5-7-9-11-13-15-17-19-20-21-22-24-26-28-30-32-34-36-37(38(39)40)35-33-31-29-27-25-23-18-16-14-12-10-8-6-4-2;;1-5(2,3)4;/h37H,3-36H2,1-2H3,(H,39,40);;(H3,1,2,3,4);. The summed E-state index contributed by atoms with van der Waals surface area (Å²) in [5, 5.41) is 9.62. The predicted octanol–water partition coefficient (Wildman–Crippen LogP) is 12.4. The molecule has 0 aromatic rings. The third kappa shape index (κ3) is 52.0. The molecule has 6 nitrogen and oxygen atoms in total. The molecule has 8 heteroatoms. The molecule has 4 N–H and O–H groups in total. The summed E-state index contributed by atoms with van der Waals surface area (Å²) in [7, 11) is -4.64. The fourth-order valence-electron chi connectivity index (χ4n) is 6.27. The van der Waals surface area contributed by atoms with Gasteiger partial charge in [0, 0.05) is 0 Å². The zero-order chi connectivity index (χ0) is 33.7. The van der Waals surface area contributed by atoms with Crippen molar-refractivity contribution in [3.63, 3.8) is 0 Å². The van der Waals surface area contributed by atoms with Crippen molar-refractivity contribution in [2.24, 2.45) is 5.92 Å². The summed E-state index contributed by atoms with van der Waals surface area (Å²) in [4.78, 5) is 33.2. The number of unbranched alkanes of at least 4 members (excludes halogenated alkanes) is 30. The van der Waals surface area contributed by atoms with Gasteiger partial charge in [-0.05, 0) is 12.8 Å². The van der Waals surface area contributed by atoms with E-state index in [4.69, 9.17) is 19.2 Å². The van der Waals surface area contributed by atoms with Crippen molar-refractivity contribution < 1.29 is 29.1 Å². The van der Waals surface area contributed by atoms with Crippen molar-refractivity contribution in [2.75, 3.05) is 0 Å². The van der Waals surface area contributed by atoms with Crippen LogP contribution in [-0.2, 0) is 9.36 Å². The first kappa shape index (κ1) is 51.6. The van der Waals surface area contributed by atoms with E-state index in [-0.39, 0.29) is 57.3 Å². The zero-order valence-corrected chi connectivity index (χ0v) is 31.1. The van der Waals surface area contributed by atoms with Gasteiger partial charge in [0.15, 0.2) is 0 Å². The van der Waals surface area contributed by atoms with Crippen LogP contribution in [-0.4, -0.2) is 77.1 Å². The van der Waals surface area contributed by atoms with Gasteiger partial charge in [0.1, 0.15) is 0 Å². The summed E-state index contributed by atoms with van der Waals surface area (Å²) >= 11 is 0. The van der Waals surface area contributed by atoms with Gasteiger partial charge in [-0.15, -0.1) is 0 Å². The first-order chi connectivity index (χ1) is 21.7. The maximum absolute atomic E-state index is 11.7. The van der Waals surface area contributed by atoms with E-state index in [1.807, 2.05) is 0 Å². The van der Waals surface area contributed by atoms with E-state index in [2.05, 4.69) is 13.8 Å². The van der Waals surface area contributed by atoms with Gasteiger partial charge in [-0.25, -0.2) is 4.57 Å². The molecule has 0 aliphatic rings. The number of phosphoric acid groups is 1. The van der Waals surface area contributed by atoms with Crippen LogP contribution in [0, 0.1) is 5.92 Å². The second kappa shape index (κ2) is 42.4. The third-order valence-corrected chi connectivity index (χ3v) is 9.16. The Balaban J connectivity index is -0.00000284. The Bertz CT molecular complexity index is 622. The zero-order valence-electron chi connectivity index (χ0n) is 30.2. The number of carboxylic acids is 1. The quantitative estimate of drug-likeness (QED) is 0.0297. The Kier molecular flexibility index (Phi) is 47.5. The molecule has 0 aliphatic heterocycles. The molecule has 1 unspecified atom stereocenters. The van der Waals surface area contributed by atoms with E-state index in [1.165, 1.54) is 193 Å². The number of carboxylic acid groups (broad SMARTS) is 1. The summed E-state index contributed by atoms with van der Waals surface area (Å²) in [6, 6.07) is 0. The van der Waals surface area contributed by atoms with Gasteiger partial charge in [-0.1, -0.05) is 219 Å². The van der Waals surface area contributed by atoms with E-state index < -0.39 is 13.8 Å². The van der Waals surface area contributed by atoms with Crippen LogP contribution in [0.5, 0.6) is 0 Å². The molecule has 0 amide bonds. The molecule has 0 aromatic carbocycles. The minimum atomic E-state index is -4.64. The fourth-order valence-corrected chi connectivity index (χ4v) is 6.27. The average Bonchev–Trinajstić information content (AvgIpc) is 2.98. The SMILES string of the molecule is CCCCCCCCCCCCCCCCCCCCC(CCCCCCCCCCCCCCCC)C(=O)O.O=P(O)(O)O.[KH]. The average molecular weight is 703 g/mol. The number of hydrogen-bond acceptors (Lipinski definition) is 2. The van der Waals surface area contributed by atoms with Crippen LogP contribution >= 0.6 is 7.82 Å². The van der Waals surface area contributed by atoms with Gasteiger partial charge in [0.25, 0.3) is 0 Å². The molecular formula is C38H80KO6P. The number of carbonyl (C=O) groups is 1. The predicted molar refractivity (Wildman–Crippen MR) is 201 cm³/mol. The van der Waals surface area contributed by atoms with Crippen molar-refractivity contribution in [3.05, 3.63) is 0 Å². The second-order valence-corrected chi connectivity index (χ2v) is 14.8. The van der Waals surface area contributed by atoms with Crippen molar-refractivity contribution in [1.29, 1.82) is 0 Å². The Morgan fingerprint density at radius 2 is 0.565 bits per heavy atom. The number of rotatable bonds is 35. The van der Waals surface area contributed by atoms with E-state index in [1.54, 1.807) is 0 Å². The van der Waals surface area contributed by atoms with Crippen LogP contribution < -0.4 is 0 Å². The van der Waals surface area contributed by atoms with Crippen LogP contribution in [0.15, 0.2) is 0 Å². The number of hydrogen-bond donors (Lipinski definition) is 4. The minimum absolute atomic E-state index is 0. The van der Waals surface area contributed by atoms with E-state index in [0.717, 1.165) is 25.7 Å². The molecule has 0 aliphatic carbocycles. The molecule has 0 fully saturated rings. The van der Waals surface area contributed by atoms with Gasteiger partial charge in [-0.2, -0.15) is 0 Å². The summed E-state index contributed by atoms with van der Waals surface area (Å²) < 4.78 is 8.88.